The van der Waals surface area contributed by atoms with Crippen LogP contribution >= 0.6 is 12.2 Å². The number of rotatable bonds is 6. The molecule has 3 aromatic rings. The van der Waals surface area contributed by atoms with Gasteiger partial charge in [-0.15, -0.1) is 0 Å². The van der Waals surface area contributed by atoms with E-state index in [1.807, 2.05) is 0 Å². The van der Waals surface area contributed by atoms with E-state index in [9.17, 15) is 13.6 Å². The summed E-state index contributed by atoms with van der Waals surface area (Å²) in [5.41, 5.74) is 0.836. The highest BCUT2D eigenvalue weighted by Gasteiger charge is 2.25. The number of ether oxygens (including phenoxy) is 3. The number of hydrogen-bond donors (Lipinski definition) is 0. The highest BCUT2D eigenvalue weighted by Crippen LogP contribution is 2.34. The number of carbonyl (C=O) groups excluding carboxylic acids is 1. The number of benzene rings is 2. The Bertz CT molecular complexity index is 1070. The average molecular weight is 417 g/mol. The normalized spacial score (nSPS) is 10.8. The summed E-state index contributed by atoms with van der Waals surface area (Å²) in [6.45, 7) is 1.99. The van der Waals surface area contributed by atoms with Crippen molar-refractivity contribution in [2.45, 2.75) is 13.5 Å². The predicted octanol–water partition coefficient (Wildman–Crippen LogP) is 4.59. The Morgan fingerprint density at radius 1 is 1.14 bits per heavy atom. The van der Waals surface area contributed by atoms with Crippen molar-refractivity contribution in [1.82, 2.24) is 4.98 Å². The minimum atomic E-state index is -1.11. The number of pyridine rings is 1. The molecule has 0 atom stereocenters. The van der Waals surface area contributed by atoms with Crippen LogP contribution in [0.15, 0.2) is 42.5 Å². The van der Waals surface area contributed by atoms with E-state index in [-0.39, 0.29) is 51.7 Å². The van der Waals surface area contributed by atoms with E-state index in [0.717, 1.165) is 12.1 Å². The lowest BCUT2D eigenvalue weighted by atomic mass is 10.1. The van der Waals surface area contributed by atoms with Gasteiger partial charge in [-0.05, 0) is 37.3 Å². The van der Waals surface area contributed by atoms with Crippen molar-refractivity contribution < 1.29 is 27.8 Å². The third-order valence-corrected chi connectivity index (χ3v) is 4.34. The number of aromatic nitrogens is 1. The Kier molecular flexibility index (Phi) is 6.46. The lowest BCUT2D eigenvalue weighted by Crippen LogP contribution is -2.16. The van der Waals surface area contributed by atoms with Gasteiger partial charge in [0.15, 0.2) is 22.4 Å². The third kappa shape index (κ3) is 4.38. The molecule has 29 heavy (non-hydrogen) atoms. The SMILES string of the molecule is CCOC(=S)c1c(COC)nc2cc(F)c(F)cc2c1OC(=O)c1ccccc1. The van der Waals surface area contributed by atoms with Gasteiger partial charge in [0.05, 0.1) is 35.6 Å². The van der Waals surface area contributed by atoms with Crippen LogP contribution in [0.5, 0.6) is 5.75 Å². The van der Waals surface area contributed by atoms with Crippen LogP contribution in [0.3, 0.4) is 0 Å². The molecule has 8 heteroatoms. The van der Waals surface area contributed by atoms with E-state index in [1.54, 1.807) is 37.3 Å². The van der Waals surface area contributed by atoms with Gasteiger partial charge >= 0.3 is 5.97 Å². The highest BCUT2D eigenvalue weighted by molar-refractivity contribution is 7.80. The minimum absolute atomic E-state index is 0.00658. The molecule has 0 saturated heterocycles. The number of hydrogen-bond acceptors (Lipinski definition) is 6. The van der Waals surface area contributed by atoms with Crippen LogP contribution in [-0.4, -0.2) is 29.7 Å². The zero-order valence-corrected chi connectivity index (χ0v) is 16.5. The Balaban J connectivity index is 2.26. The fourth-order valence-electron chi connectivity index (χ4n) is 2.76. The zero-order chi connectivity index (χ0) is 21.0. The van der Waals surface area contributed by atoms with Gasteiger partial charge in [-0.3, -0.25) is 0 Å². The maximum atomic E-state index is 14.0. The van der Waals surface area contributed by atoms with Gasteiger partial charge in [0.2, 0.25) is 0 Å². The van der Waals surface area contributed by atoms with E-state index < -0.39 is 17.6 Å². The van der Waals surface area contributed by atoms with Crippen molar-refractivity contribution >= 4 is 34.1 Å². The van der Waals surface area contributed by atoms with E-state index in [2.05, 4.69) is 4.98 Å². The number of thiocarbonyl (C=S) groups is 1. The first kappa shape index (κ1) is 20.8. The zero-order valence-electron chi connectivity index (χ0n) is 15.7. The molecular weight excluding hydrogens is 400 g/mol. The Morgan fingerprint density at radius 3 is 2.48 bits per heavy atom. The van der Waals surface area contributed by atoms with Gasteiger partial charge in [0.1, 0.15) is 0 Å². The first-order valence-corrected chi connectivity index (χ1v) is 9.12. The minimum Gasteiger partial charge on any atom is -0.483 e. The smallest absolute Gasteiger partial charge is 0.343 e. The Morgan fingerprint density at radius 2 is 1.83 bits per heavy atom. The van der Waals surface area contributed by atoms with E-state index in [4.69, 9.17) is 26.4 Å². The first-order valence-electron chi connectivity index (χ1n) is 8.71. The third-order valence-electron chi connectivity index (χ3n) is 4.02. The molecule has 0 aliphatic heterocycles. The molecule has 1 heterocycles. The van der Waals surface area contributed by atoms with Crippen LogP contribution in [-0.2, 0) is 16.1 Å². The van der Waals surface area contributed by atoms with Crippen LogP contribution in [0.2, 0.25) is 0 Å². The highest BCUT2D eigenvalue weighted by atomic mass is 32.1. The molecule has 0 spiro atoms. The average Bonchev–Trinajstić information content (AvgIpc) is 2.70. The summed E-state index contributed by atoms with van der Waals surface area (Å²) in [5.74, 6) is -2.93. The maximum absolute atomic E-state index is 14.0. The van der Waals surface area contributed by atoms with E-state index in [0.29, 0.717) is 0 Å². The number of carbonyl (C=O) groups is 1. The molecule has 2 aromatic carbocycles. The molecular formula is C21H17F2NO4S. The Hall–Kier alpha value is -2.97. The van der Waals surface area contributed by atoms with Crippen molar-refractivity contribution in [3.05, 3.63) is 70.9 Å². The van der Waals surface area contributed by atoms with Gasteiger partial charge in [-0.25, -0.2) is 18.6 Å². The van der Waals surface area contributed by atoms with Gasteiger partial charge in [-0.2, -0.15) is 0 Å². The lowest BCUT2D eigenvalue weighted by molar-refractivity contribution is 0.0736. The van der Waals surface area contributed by atoms with E-state index >= 15 is 0 Å². The summed E-state index contributed by atoms with van der Waals surface area (Å²) in [6, 6.07) is 10.1. The molecule has 3 rings (SSSR count). The fraction of sp³-hybridized carbons (Fsp3) is 0.190. The summed E-state index contributed by atoms with van der Waals surface area (Å²) in [6.07, 6.45) is 0. The van der Waals surface area contributed by atoms with Gasteiger partial charge in [0, 0.05) is 18.6 Å². The van der Waals surface area contributed by atoms with Crippen molar-refractivity contribution in [3.8, 4) is 5.75 Å². The molecule has 0 unspecified atom stereocenters. The summed E-state index contributed by atoms with van der Waals surface area (Å²) < 4.78 is 44.0. The van der Waals surface area contributed by atoms with E-state index in [1.165, 1.54) is 7.11 Å². The van der Waals surface area contributed by atoms with Gasteiger partial charge in [0.25, 0.3) is 0 Å². The van der Waals surface area contributed by atoms with Crippen molar-refractivity contribution in [3.63, 3.8) is 0 Å². The molecule has 0 saturated carbocycles. The molecule has 0 N–H and O–H groups in total. The number of nitrogens with zero attached hydrogens (tertiary/aromatic N) is 1. The molecule has 150 valence electrons. The molecule has 0 aliphatic carbocycles. The second-order valence-electron chi connectivity index (χ2n) is 5.96. The van der Waals surface area contributed by atoms with Crippen LogP contribution in [0, 0.1) is 11.6 Å². The lowest BCUT2D eigenvalue weighted by Gasteiger charge is -2.17. The molecule has 5 nitrogen and oxygen atoms in total. The topological polar surface area (TPSA) is 57.6 Å². The van der Waals surface area contributed by atoms with Crippen LogP contribution in [0.1, 0.15) is 28.5 Å². The Labute approximate surface area is 171 Å². The van der Waals surface area contributed by atoms with Crippen molar-refractivity contribution in [2.75, 3.05) is 13.7 Å². The summed E-state index contributed by atoms with van der Waals surface area (Å²) in [4.78, 5) is 17.0. The first-order chi connectivity index (χ1) is 14.0. The number of halogens is 2. The molecule has 0 bridgehead atoms. The fourth-order valence-corrected chi connectivity index (χ4v) is 3.09. The van der Waals surface area contributed by atoms with Crippen LogP contribution < -0.4 is 4.74 Å². The number of esters is 1. The summed E-state index contributed by atoms with van der Waals surface area (Å²) >= 11 is 5.32. The molecule has 1 aromatic heterocycles. The molecule has 0 amide bonds. The summed E-state index contributed by atoms with van der Waals surface area (Å²) in [7, 11) is 1.44. The van der Waals surface area contributed by atoms with Gasteiger partial charge in [-0.1, -0.05) is 18.2 Å². The van der Waals surface area contributed by atoms with Gasteiger partial charge < -0.3 is 14.2 Å². The second kappa shape index (κ2) is 9.02. The van der Waals surface area contributed by atoms with Crippen LogP contribution in [0.4, 0.5) is 8.78 Å². The maximum Gasteiger partial charge on any atom is 0.343 e. The predicted molar refractivity (Wildman–Crippen MR) is 107 cm³/mol. The molecule has 0 radical (unpaired) electrons. The quantitative estimate of drug-likeness (QED) is 0.432. The number of methoxy groups -OCH3 is 1. The second-order valence-corrected chi connectivity index (χ2v) is 6.33. The largest absolute Gasteiger partial charge is 0.483 e. The number of fused-ring (bicyclic) bond motifs is 1. The molecule has 0 fully saturated rings. The molecule has 0 aliphatic rings. The monoisotopic (exact) mass is 417 g/mol. The standard InChI is InChI=1S/C21H17F2NO4S/c1-3-27-21(29)18-17(11-26-2)24-16-10-15(23)14(22)9-13(16)19(18)28-20(25)12-7-5-4-6-8-12/h4-10H,3,11H2,1-2H3. The van der Waals surface area contributed by atoms with Crippen molar-refractivity contribution in [2.24, 2.45) is 0 Å². The summed E-state index contributed by atoms with van der Waals surface area (Å²) in [5, 5.41) is 0.0969. The van der Waals surface area contributed by atoms with Crippen molar-refractivity contribution in [1.29, 1.82) is 0 Å². The van der Waals surface area contributed by atoms with Crippen LogP contribution in [0.25, 0.3) is 10.9 Å².